The Morgan fingerprint density at radius 2 is 2.18 bits per heavy atom. The van der Waals surface area contributed by atoms with Crippen molar-refractivity contribution in [2.75, 3.05) is 13.1 Å². The highest BCUT2D eigenvalue weighted by molar-refractivity contribution is 7.18. The lowest BCUT2D eigenvalue weighted by Gasteiger charge is -2.35. The third kappa shape index (κ3) is 3.41. The van der Waals surface area contributed by atoms with Crippen LogP contribution in [0.1, 0.15) is 54.7 Å². The summed E-state index contributed by atoms with van der Waals surface area (Å²) in [7, 11) is 0. The van der Waals surface area contributed by atoms with Crippen LogP contribution in [0, 0.1) is 0 Å². The van der Waals surface area contributed by atoms with Gasteiger partial charge in [-0.25, -0.2) is 9.37 Å². The van der Waals surface area contributed by atoms with Crippen molar-refractivity contribution in [1.82, 2.24) is 20.0 Å². The van der Waals surface area contributed by atoms with Gasteiger partial charge in [-0.3, -0.25) is 4.79 Å². The third-order valence-electron chi connectivity index (χ3n) is 5.45. The second-order valence-corrected chi connectivity index (χ2v) is 8.81. The maximum absolute atomic E-state index is 15.5. The molecule has 146 valence electrons. The number of para-hydroxylation sites is 1. The zero-order chi connectivity index (χ0) is 19.1. The molecular weight excluding hydrogens is 379 g/mol. The molecule has 1 aliphatic carbocycles. The van der Waals surface area contributed by atoms with Crippen LogP contribution in [0.25, 0.3) is 10.2 Å². The Kier molecular flexibility index (Phi) is 4.38. The lowest BCUT2D eigenvalue weighted by atomic mass is 9.94. The monoisotopic (exact) mass is 400 g/mol. The second kappa shape index (κ2) is 6.92. The molecule has 1 saturated carbocycles. The number of aromatic nitrogens is 3. The predicted octanol–water partition coefficient (Wildman–Crippen LogP) is 3.98. The topological polar surface area (TPSA) is 72.1 Å². The van der Waals surface area contributed by atoms with Crippen molar-refractivity contribution in [3.63, 3.8) is 0 Å². The van der Waals surface area contributed by atoms with Crippen LogP contribution in [-0.4, -0.2) is 39.0 Å². The molecule has 1 amide bonds. The van der Waals surface area contributed by atoms with Gasteiger partial charge in [0.2, 0.25) is 11.6 Å². The Labute approximate surface area is 165 Å². The molecule has 2 aromatic heterocycles. The first-order valence-corrected chi connectivity index (χ1v) is 10.6. The highest BCUT2D eigenvalue weighted by atomic mass is 32.1. The van der Waals surface area contributed by atoms with Gasteiger partial charge in [-0.1, -0.05) is 17.3 Å². The summed E-state index contributed by atoms with van der Waals surface area (Å²) in [5.41, 5.74) is -0.789. The Balaban J connectivity index is 1.24. The molecule has 6 nitrogen and oxygen atoms in total. The van der Waals surface area contributed by atoms with E-state index in [2.05, 4.69) is 15.1 Å². The summed E-state index contributed by atoms with van der Waals surface area (Å²) in [5.74, 6) is 0.892. The number of halogens is 1. The number of piperidine rings is 1. The number of rotatable bonds is 5. The minimum Gasteiger partial charge on any atom is -0.339 e. The first-order valence-electron chi connectivity index (χ1n) is 9.76. The number of fused-ring (bicyclic) bond motifs is 1. The molecule has 0 radical (unpaired) electrons. The van der Waals surface area contributed by atoms with Gasteiger partial charge in [-0.2, -0.15) is 4.98 Å². The van der Waals surface area contributed by atoms with Gasteiger partial charge in [-0.05, 0) is 37.8 Å². The quantitative estimate of drug-likeness (QED) is 0.648. The van der Waals surface area contributed by atoms with Crippen molar-refractivity contribution in [3.05, 3.63) is 41.0 Å². The first-order chi connectivity index (χ1) is 13.6. The summed E-state index contributed by atoms with van der Waals surface area (Å²) in [6, 6.07) is 7.94. The van der Waals surface area contributed by atoms with E-state index in [0.717, 1.165) is 28.1 Å². The van der Waals surface area contributed by atoms with E-state index in [1.807, 2.05) is 24.3 Å². The van der Waals surface area contributed by atoms with Crippen LogP contribution in [0.5, 0.6) is 0 Å². The SMILES string of the molecule is O=C(CCc1nc2ccccc2s1)N1CCCC(F)(c2nc(C3CC3)no2)C1. The van der Waals surface area contributed by atoms with Crippen LogP contribution in [0.4, 0.5) is 4.39 Å². The number of aryl methyl sites for hydroxylation is 1. The second-order valence-electron chi connectivity index (χ2n) is 7.69. The first kappa shape index (κ1) is 17.7. The van der Waals surface area contributed by atoms with Gasteiger partial charge in [0.15, 0.2) is 5.82 Å². The summed E-state index contributed by atoms with van der Waals surface area (Å²) in [4.78, 5) is 23.1. The Hall–Kier alpha value is -2.35. The molecule has 1 saturated heterocycles. The maximum atomic E-state index is 15.5. The molecule has 1 unspecified atom stereocenters. The van der Waals surface area contributed by atoms with Crippen LogP contribution in [0.3, 0.4) is 0 Å². The zero-order valence-corrected chi connectivity index (χ0v) is 16.3. The Morgan fingerprint density at radius 3 is 3.00 bits per heavy atom. The van der Waals surface area contributed by atoms with Crippen LogP contribution in [-0.2, 0) is 16.9 Å². The highest BCUT2D eigenvalue weighted by Crippen LogP contribution is 2.41. The number of alkyl halides is 1. The van der Waals surface area contributed by atoms with E-state index in [9.17, 15) is 4.79 Å². The normalized spacial score (nSPS) is 22.7. The molecule has 8 heteroatoms. The van der Waals surface area contributed by atoms with E-state index in [1.54, 1.807) is 16.2 Å². The maximum Gasteiger partial charge on any atom is 0.266 e. The molecule has 1 aliphatic heterocycles. The molecule has 28 heavy (non-hydrogen) atoms. The molecule has 0 spiro atoms. The molecule has 3 heterocycles. The number of nitrogens with zero attached hydrogens (tertiary/aromatic N) is 4. The van der Waals surface area contributed by atoms with Crippen molar-refractivity contribution in [1.29, 1.82) is 0 Å². The number of amides is 1. The summed E-state index contributed by atoms with van der Waals surface area (Å²) < 4.78 is 21.9. The number of thiazole rings is 1. The van der Waals surface area contributed by atoms with Gasteiger partial charge in [0.1, 0.15) is 0 Å². The molecule has 0 N–H and O–H groups in total. The van der Waals surface area contributed by atoms with Crippen molar-refractivity contribution in [2.45, 2.75) is 50.1 Å². The van der Waals surface area contributed by atoms with Crippen LogP contribution >= 0.6 is 11.3 Å². The standard InChI is InChI=1S/C20H21FN4O2S/c21-20(19-23-18(24-27-19)13-6-7-13)10-3-11-25(12-20)17(26)9-8-16-22-14-4-1-2-5-15(14)28-16/h1-2,4-5,13H,3,6-12H2. The lowest BCUT2D eigenvalue weighted by molar-refractivity contribution is -0.136. The number of benzene rings is 1. The van der Waals surface area contributed by atoms with Crippen molar-refractivity contribution in [3.8, 4) is 0 Å². The summed E-state index contributed by atoms with van der Waals surface area (Å²) >= 11 is 1.60. The average molecular weight is 400 g/mol. The predicted molar refractivity (Wildman–Crippen MR) is 103 cm³/mol. The molecule has 3 aromatic rings. The number of carbonyl (C=O) groups excluding carboxylic acids is 1. The average Bonchev–Trinajstić information content (AvgIpc) is 3.27. The van der Waals surface area contributed by atoms with E-state index in [0.29, 0.717) is 44.0 Å². The molecular formula is C20H21FN4O2S. The highest BCUT2D eigenvalue weighted by Gasteiger charge is 2.44. The number of hydrogen-bond acceptors (Lipinski definition) is 6. The fourth-order valence-corrected chi connectivity index (χ4v) is 4.69. The fraction of sp³-hybridized carbons (Fsp3) is 0.500. The molecule has 0 bridgehead atoms. The van der Waals surface area contributed by atoms with Gasteiger partial charge in [0.05, 0.1) is 21.8 Å². The van der Waals surface area contributed by atoms with E-state index >= 15 is 4.39 Å². The van der Waals surface area contributed by atoms with E-state index in [4.69, 9.17) is 4.52 Å². The van der Waals surface area contributed by atoms with E-state index < -0.39 is 5.67 Å². The number of likely N-dealkylation sites (tertiary alicyclic amines) is 1. The van der Waals surface area contributed by atoms with Crippen LogP contribution in [0.2, 0.25) is 0 Å². The van der Waals surface area contributed by atoms with E-state index in [1.165, 1.54) is 0 Å². The third-order valence-corrected chi connectivity index (χ3v) is 6.55. The Bertz CT molecular complexity index is 981. The molecule has 1 atom stereocenters. The summed E-state index contributed by atoms with van der Waals surface area (Å²) in [6.45, 7) is 0.548. The van der Waals surface area contributed by atoms with Gasteiger partial charge in [0.25, 0.3) is 5.89 Å². The van der Waals surface area contributed by atoms with Gasteiger partial charge >= 0.3 is 0 Å². The van der Waals surface area contributed by atoms with Crippen LogP contribution < -0.4 is 0 Å². The largest absolute Gasteiger partial charge is 0.339 e. The zero-order valence-electron chi connectivity index (χ0n) is 15.4. The number of carbonyl (C=O) groups is 1. The molecule has 1 aromatic carbocycles. The molecule has 5 rings (SSSR count). The minimum atomic E-state index is -1.75. The van der Waals surface area contributed by atoms with Crippen LogP contribution in [0.15, 0.2) is 28.8 Å². The summed E-state index contributed by atoms with van der Waals surface area (Å²) in [6.07, 6.45) is 3.86. The molecule has 2 aliphatic rings. The minimum absolute atomic E-state index is 0.0159. The van der Waals surface area contributed by atoms with Crippen molar-refractivity contribution in [2.24, 2.45) is 0 Å². The lowest BCUT2D eigenvalue weighted by Crippen LogP contribution is -2.46. The Morgan fingerprint density at radius 1 is 1.32 bits per heavy atom. The van der Waals surface area contributed by atoms with E-state index in [-0.39, 0.29) is 18.3 Å². The van der Waals surface area contributed by atoms with Crippen molar-refractivity contribution >= 4 is 27.5 Å². The van der Waals surface area contributed by atoms with Crippen molar-refractivity contribution < 1.29 is 13.7 Å². The van der Waals surface area contributed by atoms with Gasteiger partial charge < -0.3 is 9.42 Å². The molecule has 2 fully saturated rings. The fourth-order valence-electron chi connectivity index (χ4n) is 3.72. The van der Waals surface area contributed by atoms with Gasteiger partial charge in [-0.15, -0.1) is 11.3 Å². The number of hydrogen-bond donors (Lipinski definition) is 0. The van der Waals surface area contributed by atoms with Gasteiger partial charge in [0, 0.05) is 25.3 Å². The summed E-state index contributed by atoms with van der Waals surface area (Å²) in [5, 5.41) is 4.86. The smallest absolute Gasteiger partial charge is 0.266 e.